The third-order valence-electron chi connectivity index (χ3n) is 23.1. The van der Waals surface area contributed by atoms with Crippen molar-refractivity contribution in [2.24, 2.45) is 0 Å². The molecule has 0 atom stereocenters. The molecule has 9 heterocycles. The van der Waals surface area contributed by atoms with Crippen molar-refractivity contribution in [3.8, 4) is 18.2 Å². The van der Waals surface area contributed by atoms with Crippen LogP contribution in [0.1, 0.15) is 206 Å². The van der Waals surface area contributed by atoms with Crippen LogP contribution in [0.2, 0.25) is 0 Å². The molecule has 12 heteroatoms. The summed E-state index contributed by atoms with van der Waals surface area (Å²) in [5.41, 5.74) is 24.3. The van der Waals surface area contributed by atoms with Crippen LogP contribution in [0.25, 0.3) is 44.3 Å². The molecular weight excluding hydrogens is 1300 g/mol. The highest BCUT2D eigenvalue weighted by Crippen LogP contribution is 2.53. The molecule has 0 fully saturated rings. The van der Waals surface area contributed by atoms with E-state index in [1.165, 1.54) is 56.0 Å². The van der Waals surface area contributed by atoms with Crippen molar-refractivity contribution in [2.75, 3.05) is 54.0 Å². The van der Waals surface area contributed by atoms with Crippen LogP contribution in [0.15, 0.2) is 190 Å². The normalized spacial score (nSPS) is 21.1. The summed E-state index contributed by atoms with van der Waals surface area (Å²) in [6.07, 6.45) is 29.7. The van der Waals surface area contributed by atoms with Gasteiger partial charge < -0.3 is 28.9 Å². The molecule has 0 radical (unpaired) electrons. The number of hydrogen-bond acceptors (Lipinski definition) is 9. The smallest absolute Gasteiger partial charge is 0.269 e. The minimum absolute atomic E-state index is 0.0550. The molecule has 12 nitrogen and oxygen atoms in total. The van der Waals surface area contributed by atoms with Crippen molar-refractivity contribution in [3.63, 3.8) is 0 Å². The Labute approximate surface area is 629 Å². The lowest BCUT2D eigenvalue weighted by Crippen LogP contribution is -2.44. The van der Waals surface area contributed by atoms with Crippen molar-refractivity contribution in [3.05, 3.63) is 303 Å². The summed E-state index contributed by atoms with van der Waals surface area (Å²) in [5.74, 6) is 3.82. The van der Waals surface area contributed by atoms with E-state index < -0.39 is 0 Å². The number of nitrogens with zero attached hydrogens (tertiary/aromatic N) is 9. The summed E-state index contributed by atoms with van der Waals surface area (Å²) in [4.78, 5) is 18.0. The van der Waals surface area contributed by atoms with Crippen molar-refractivity contribution >= 4 is 46.8 Å². The largest absolute Gasteiger partial charge is 0.462 e. The highest BCUT2D eigenvalue weighted by atomic mass is 16.5. The van der Waals surface area contributed by atoms with Gasteiger partial charge in [-0.15, -0.1) is 0 Å². The van der Waals surface area contributed by atoms with Gasteiger partial charge in [-0.05, 0) is 268 Å². The Morgan fingerprint density at radius 2 is 0.679 bits per heavy atom. The van der Waals surface area contributed by atoms with E-state index in [0.717, 1.165) is 117 Å². The van der Waals surface area contributed by atoms with Gasteiger partial charge in [0.2, 0.25) is 0 Å². The van der Waals surface area contributed by atoms with E-state index in [2.05, 4.69) is 206 Å². The van der Waals surface area contributed by atoms with Gasteiger partial charge in [-0.1, -0.05) is 149 Å². The maximum Gasteiger partial charge on any atom is 0.269 e. The number of ether oxygens (including phenoxy) is 3. The second-order valence-corrected chi connectivity index (χ2v) is 33.6. The van der Waals surface area contributed by atoms with Crippen LogP contribution in [0.3, 0.4) is 0 Å². The van der Waals surface area contributed by atoms with E-state index in [-0.39, 0.29) is 49.6 Å². The Kier molecular flexibility index (Phi) is 20.4. The molecule has 5 aromatic rings. The SMILES string of the molecule is [C-]#[N+]/C(C#N)=C1C=C(/C=C/c2cc3c4c(c2)C(C)(C)CCN4CCC3(C)C)OC(c2c(C)cc(C)cc2C)=C/1.[C-]#[N+]/C(C#N)=C1C=C(/C=C/c2cc3c4c(c2)C(C)(C)CCN4CCC3(C)C)OC(c2ccccc2)=C/1.[C-]#[N+]/C(C#N)=C1\C=C(C)OC(/C=C/c2cc3c4c(c2)C(C)(C)CCN4CCC3(C)C)=C1. The molecule has 0 saturated carbocycles. The predicted octanol–water partition coefficient (Wildman–Crippen LogP) is 22.4. The predicted molar refractivity (Wildman–Crippen MR) is 431 cm³/mol. The Morgan fingerprint density at radius 1 is 0.387 bits per heavy atom. The lowest BCUT2D eigenvalue weighted by molar-refractivity contribution is 0.318. The van der Waals surface area contributed by atoms with Gasteiger partial charge in [0.1, 0.15) is 34.6 Å². The first-order chi connectivity index (χ1) is 50.3. The summed E-state index contributed by atoms with van der Waals surface area (Å²) in [6, 6.07) is 34.1. The highest BCUT2D eigenvalue weighted by molar-refractivity contribution is 5.78. The van der Waals surface area contributed by atoms with Crippen molar-refractivity contribution in [1.29, 1.82) is 15.8 Å². The molecule has 0 saturated heterocycles. The van der Waals surface area contributed by atoms with Crippen LogP contribution < -0.4 is 14.7 Å². The summed E-state index contributed by atoms with van der Waals surface area (Å²) >= 11 is 0. The lowest BCUT2D eigenvalue weighted by Gasteiger charge is -2.48. The molecule has 0 aromatic heterocycles. The number of nitriles is 3. The quantitative estimate of drug-likeness (QED) is 0.110. The van der Waals surface area contributed by atoms with E-state index in [9.17, 15) is 15.8 Å². The first kappa shape index (κ1) is 74.4. The number of allylic oxidation sites excluding steroid dienone is 16. The van der Waals surface area contributed by atoms with Crippen molar-refractivity contribution < 1.29 is 14.2 Å². The Balaban J connectivity index is 0.000000150. The molecule has 0 unspecified atom stereocenters. The zero-order valence-electron chi connectivity index (χ0n) is 64.7. The molecule has 5 aromatic carbocycles. The number of anilines is 3. The van der Waals surface area contributed by atoms with Crippen molar-refractivity contribution in [2.45, 2.75) is 182 Å². The second-order valence-electron chi connectivity index (χ2n) is 33.6. The molecule has 536 valence electrons. The first-order valence-electron chi connectivity index (χ1n) is 37.2. The summed E-state index contributed by atoms with van der Waals surface area (Å²) in [7, 11) is 0. The lowest BCUT2D eigenvalue weighted by atomic mass is 9.69. The van der Waals surface area contributed by atoms with Crippen LogP contribution >= 0.6 is 0 Å². The molecule has 9 aliphatic rings. The molecule has 0 bridgehead atoms. The van der Waals surface area contributed by atoms with E-state index >= 15 is 0 Å². The number of hydrogen-bond donors (Lipinski definition) is 0. The fourth-order valence-electron chi connectivity index (χ4n) is 16.5. The molecule has 0 N–H and O–H groups in total. The standard InChI is InChI=1S/C35H37N3O.C32H31N3O.C27H29N3O/c1-22-15-23(2)32(24(3)16-22)31-20-26(30(21-36)37-8)19-27(39-31)10-9-25-17-28-33-29(18-25)35(6,7)12-14-38(33)13-11-34(28,4)5;1-31(2)13-15-35-16-14-32(3,4)27-18-22(17-26(31)30(27)35)11-12-25-19-24(28(21-33)34-5)20-29(36-25)23-9-7-6-8-10-23;1-18-13-20(24(17-28)29-6)16-21(31-18)8-7-19-14-22-25-23(15-19)27(4,5)10-12-30(25)11-9-26(22,2)3/h9-10,15-20H,11-14H2,1-7H3;6-12,17-20H,13-16H2,1-4H3;7-8,13-16H,9-12H2,1-5H3/b10-9+,30-26-;12-11+,28-24-;8-7+,24-20+. The molecule has 14 rings (SSSR count). The average Bonchev–Trinajstić information content (AvgIpc) is 0.743. The van der Waals surface area contributed by atoms with Gasteiger partial charge in [0.05, 0.1) is 37.9 Å². The zero-order chi connectivity index (χ0) is 76.0. The van der Waals surface area contributed by atoms with Crippen LogP contribution in [-0.4, -0.2) is 39.3 Å². The van der Waals surface area contributed by atoms with Gasteiger partial charge in [0.25, 0.3) is 17.1 Å². The van der Waals surface area contributed by atoms with Gasteiger partial charge in [-0.2, -0.15) is 0 Å². The van der Waals surface area contributed by atoms with Gasteiger partial charge in [-0.25, -0.2) is 30.3 Å². The Hall–Kier alpha value is -11.3. The molecular formula is C94H97N9O3. The summed E-state index contributed by atoms with van der Waals surface area (Å²) in [5, 5.41) is 28.3. The van der Waals surface area contributed by atoms with Crippen molar-refractivity contribution in [1.82, 2.24) is 0 Å². The van der Waals surface area contributed by atoms with E-state index in [1.807, 2.05) is 73.7 Å². The number of rotatable bonds is 8. The Bertz CT molecular complexity index is 4970. The molecule has 0 aliphatic carbocycles. The maximum absolute atomic E-state index is 9.63. The topological polar surface area (TPSA) is 122 Å². The van der Waals surface area contributed by atoms with E-state index in [4.69, 9.17) is 33.9 Å². The van der Waals surface area contributed by atoms with Gasteiger partial charge >= 0.3 is 0 Å². The highest BCUT2D eigenvalue weighted by Gasteiger charge is 2.43. The van der Waals surface area contributed by atoms with Gasteiger partial charge in [0, 0.05) is 67.5 Å². The molecule has 0 amide bonds. The van der Waals surface area contributed by atoms with Crippen LogP contribution in [0.5, 0.6) is 0 Å². The first-order valence-corrected chi connectivity index (χ1v) is 37.2. The van der Waals surface area contributed by atoms with Gasteiger partial charge in [-0.3, -0.25) is 0 Å². The third-order valence-corrected chi connectivity index (χ3v) is 23.1. The van der Waals surface area contributed by atoms with Crippen LogP contribution in [0.4, 0.5) is 17.1 Å². The third kappa shape index (κ3) is 15.0. The van der Waals surface area contributed by atoms with Crippen LogP contribution in [0, 0.1) is 74.5 Å². The fraction of sp³-hybridized carbons (Fsp3) is 0.362. The van der Waals surface area contributed by atoms with E-state index in [1.54, 1.807) is 30.4 Å². The van der Waals surface area contributed by atoms with Crippen LogP contribution in [-0.2, 0) is 46.7 Å². The van der Waals surface area contributed by atoms with E-state index in [0.29, 0.717) is 51.3 Å². The summed E-state index contributed by atoms with van der Waals surface area (Å²) in [6.45, 7) is 65.2. The maximum atomic E-state index is 9.63. The molecule has 0 spiro atoms. The van der Waals surface area contributed by atoms with Gasteiger partial charge in [0.15, 0.2) is 0 Å². The summed E-state index contributed by atoms with van der Waals surface area (Å²) < 4.78 is 18.5. The fourth-order valence-corrected chi connectivity index (χ4v) is 16.5. The monoisotopic (exact) mass is 1400 g/mol. The second kappa shape index (κ2) is 29.0. The number of aryl methyl sites for hydroxylation is 3. The average molecular weight is 1400 g/mol. The molecule has 106 heavy (non-hydrogen) atoms. The number of benzene rings is 5. The zero-order valence-corrected chi connectivity index (χ0v) is 64.7. The molecule has 9 aliphatic heterocycles. The minimum atomic E-state index is 0.0550. The Morgan fingerprint density at radius 3 is 0.991 bits per heavy atom. The minimum Gasteiger partial charge on any atom is -0.462 e.